The molecule has 0 aliphatic heterocycles. The van der Waals surface area contributed by atoms with E-state index >= 15 is 0 Å². The lowest BCUT2D eigenvalue weighted by atomic mass is 10.0. The first-order valence-corrected chi connectivity index (χ1v) is 6.76. The van der Waals surface area contributed by atoms with Gasteiger partial charge in [0, 0.05) is 16.1 Å². The van der Waals surface area contributed by atoms with Gasteiger partial charge in [0.15, 0.2) is 0 Å². The summed E-state index contributed by atoms with van der Waals surface area (Å²) in [4.78, 5) is 12.0. The number of nitrogens with two attached hydrogens (primary N) is 1. The lowest BCUT2D eigenvalue weighted by molar-refractivity contribution is 0.0928. The molecule has 1 saturated carbocycles. The molecule has 2 atom stereocenters. The zero-order valence-electron chi connectivity index (χ0n) is 9.66. The molecule has 0 saturated heterocycles. The number of rotatable bonds is 3. The molecule has 2 rings (SSSR count). The second kappa shape index (κ2) is 5.65. The van der Waals surface area contributed by atoms with Crippen molar-refractivity contribution >= 4 is 21.8 Å². The molecular weight excluding hydrogens is 280 g/mol. The fourth-order valence-electron chi connectivity index (χ4n) is 2.39. The molecule has 3 N–H and O–H groups in total. The van der Waals surface area contributed by atoms with Crippen molar-refractivity contribution < 1.29 is 4.79 Å². The zero-order chi connectivity index (χ0) is 12.3. The first-order valence-electron chi connectivity index (χ1n) is 5.97. The number of carbonyl (C=O) groups is 1. The van der Waals surface area contributed by atoms with Crippen molar-refractivity contribution in [2.75, 3.05) is 6.54 Å². The molecule has 0 radical (unpaired) electrons. The summed E-state index contributed by atoms with van der Waals surface area (Å²) >= 11 is 3.37. The molecule has 1 fully saturated rings. The number of nitrogens with one attached hydrogen (secondary N) is 1. The largest absolute Gasteiger partial charge is 0.349 e. The van der Waals surface area contributed by atoms with Gasteiger partial charge in [-0.25, -0.2) is 0 Å². The Hall–Kier alpha value is -0.870. The van der Waals surface area contributed by atoms with E-state index < -0.39 is 0 Å². The van der Waals surface area contributed by atoms with Crippen LogP contribution < -0.4 is 11.1 Å². The van der Waals surface area contributed by atoms with Gasteiger partial charge in [-0.1, -0.05) is 28.4 Å². The van der Waals surface area contributed by atoms with Crippen LogP contribution in [0, 0.1) is 5.92 Å². The minimum Gasteiger partial charge on any atom is -0.349 e. The highest BCUT2D eigenvalue weighted by molar-refractivity contribution is 9.10. The quantitative estimate of drug-likeness (QED) is 0.899. The molecule has 0 aromatic heterocycles. The maximum Gasteiger partial charge on any atom is 0.251 e. The SMILES string of the molecule is NCC1CCCC1NC(=O)c1cccc(Br)c1. The minimum atomic E-state index is -0.00310. The summed E-state index contributed by atoms with van der Waals surface area (Å²) in [7, 11) is 0. The third-order valence-corrected chi connectivity index (χ3v) is 3.86. The van der Waals surface area contributed by atoms with Gasteiger partial charge in [0.05, 0.1) is 0 Å². The van der Waals surface area contributed by atoms with Crippen LogP contribution >= 0.6 is 15.9 Å². The first kappa shape index (κ1) is 12.6. The Bertz CT molecular complexity index is 408. The van der Waals surface area contributed by atoms with E-state index in [1.807, 2.05) is 24.3 Å². The van der Waals surface area contributed by atoms with E-state index in [0.29, 0.717) is 18.0 Å². The molecular formula is C13H17BrN2O. The van der Waals surface area contributed by atoms with Crippen LogP contribution in [0.5, 0.6) is 0 Å². The second-order valence-corrected chi connectivity index (χ2v) is 5.43. The van der Waals surface area contributed by atoms with Crippen LogP contribution in [0.3, 0.4) is 0 Å². The van der Waals surface area contributed by atoms with Crippen molar-refractivity contribution in [2.24, 2.45) is 11.7 Å². The minimum absolute atomic E-state index is 0.00310. The van der Waals surface area contributed by atoms with Crippen molar-refractivity contribution in [3.05, 3.63) is 34.3 Å². The Labute approximate surface area is 110 Å². The molecule has 0 heterocycles. The zero-order valence-corrected chi connectivity index (χ0v) is 11.2. The summed E-state index contributed by atoms with van der Waals surface area (Å²) in [6, 6.07) is 7.68. The summed E-state index contributed by atoms with van der Waals surface area (Å²) in [5.74, 6) is 0.433. The number of hydrogen-bond donors (Lipinski definition) is 2. The number of benzene rings is 1. The third kappa shape index (κ3) is 3.07. The molecule has 1 aliphatic carbocycles. The highest BCUT2D eigenvalue weighted by atomic mass is 79.9. The van der Waals surface area contributed by atoms with Gasteiger partial charge in [0.2, 0.25) is 0 Å². The summed E-state index contributed by atoms with van der Waals surface area (Å²) in [5.41, 5.74) is 6.40. The molecule has 17 heavy (non-hydrogen) atoms. The van der Waals surface area contributed by atoms with Crippen molar-refractivity contribution in [1.29, 1.82) is 0 Å². The maximum absolute atomic E-state index is 12.0. The fourth-order valence-corrected chi connectivity index (χ4v) is 2.79. The van der Waals surface area contributed by atoms with E-state index in [-0.39, 0.29) is 11.9 Å². The van der Waals surface area contributed by atoms with Gasteiger partial charge in [0.1, 0.15) is 0 Å². The molecule has 0 bridgehead atoms. The highest BCUT2D eigenvalue weighted by Gasteiger charge is 2.27. The van der Waals surface area contributed by atoms with E-state index in [1.54, 1.807) is 0 Å². The molecule has 1 aromatic carbocycles. The lowest BCUT2D eigenvalue weighted by Gasteiger charge is -2.19. The molecule has 1 aromatic rings. The summed E-state index contributed by atoms with van der Waals surface area (Å²) in [6.45, 7) is 0.656. The van der Waals surface area contributed by atoms with Crippen molar-refractivity contribution in [1.82, 2.24) is 5.32 Å². The van der Waals surface area contributed by atoms with Gasteiger partial charge < -0.3 is 11.1 Å². The number of amides is 1. The van der Waals surface area contributed by atoms with Gasteiger partial charge in [0.25, 0.3) is 5.91 Å². The molecule has 1 amide bonds. The summed E-state index contributed by atoms with van der Waals surface area (Å²) in [6.07, 6.45) is 3.33. The smallest absolute Gasteiger partial charge is 0.251 e. The van der Waals surface area contributed by atoms with Crippen molar-refractivity contribution in [2.45, 2.75) is 25.3 Å². The topological polar surface area (TPSA) is 55.1 Å². The monoisotopic (exact) mass is 296 g/mol. The Morgan fingerprint density at radius 2 is 2.29 bits per heavy atom. The molecule has 1 aliphatic rings. The third-order valence-electron chi connectivity index (χ3n) is 3.37. The van der Waals surface area contributed by atoms with Gasteiger partial charge in [-0.15, -0.1) is 0 Å². The molecule has 0 spiro atoms. The van der Waals surface area contributed by atoms with Crippen LogP contribution in [0.2, 0.25) is 0 Å². The highest BCUT2D eigenvalue weighted by Crippen LogP contribution is 2.25. The Morgan fingerprint density at radius 1 is 1.47 bits per heavy atom. The number of halogens is 1. The standard InChI is InChI=1S/C13H17BrN2O/c14-11-5-1-3-9(7-11)13(17)16-12-6-2-4-10(12)8-15/h1,3,5,7,10,12H,2,4,6,8,15H2,(H,16,17). The van der Waals surface area contributed by atoms with E-state index in [9.17, 15) is 4.79 Å². The predicted molar refractivity (Wildman–Crippen MR) is 71.8 cm³/mol. The van der Waals surface area contributed by atoms with Gasteiger partial charge in [-0.3, -0.25) is 4.79 Å². The van der Waals surface area contributed by atoms with E-state index in [0.717, 1.165) is 23.7 Å². The second-order valence-electron chi connectivity index (χ2n) is 4.52. The predicted octanol–water partition coefficient (Wildman–Crippen LogP) is 2.31. The molecule has 92 valence electrons. The van der Waals surface area contributed by atoms with E-state index in [2.05, 4.69) is 21.2 Å². The molecule has 3 nitrogen and oxygen atoms in total. The van der Waals surface area contributed by atoms with Crippen LogP contribution in [-0.4, -0.2) is 18.5 Å². The average molecular weight is 297 g/mol. The maximum atomic E-state index is 12.0. The Balaban J connectivity index is 2.01. The van der Waals surface area contributed by atoms with Gasteiger partial charge in [-0.2, -0.15) is 0 Å². The van der Waals surface area contributed by atoms with Gasteiger partial charge in [-0.05, 0) is 43.5 Å². The summed E-state index contributed by atoms with van der Waals surface area (Å²) in [5, 5.41) is 3.08. The van der Waals surface area contributed by atoms with Crippen molar-refractivity contribution in [3.63, 3.8) is 0 Å². The number of hydrogen-bond acceptors (Lipinski definition) is 2. The lowest BCUT2D eigenvalue weighted by Crippen LogP contribution is -2.39. The van der Waals surface area contributed by atoms with Crippen LogP contribution in [-0.2, 0) is 0 Å². The molecule has 4 heteroatoms. The van der Waals surface area contributed by atoms with Crippen LogP contribution in [0.4, 0.5) is 0 Å². The normalized spacial score (nSPS) is 23.6. The van der Waals surface area contributed by atoms with E-state index in [4.69, 9.17) is 5.73 Å². The Kier molecular flexibility index (Phi) is 4.18. The molecule has 2 unspecified atom stereocenters. The van der Waals surface area contributed by atoms with Crippen LogP contribution in [0.15, 0.2) is 28.7 Å². The van der Waals surface area contributed by atoms with Crippen LogP contribution in [0.1, 0.15) is 29.6 Å². The Morgan fingerprint density at radius 3 is 3.00 bits per heavy atom. The first-order chi connectivity index (χ1) is 8.20. The number of carbonyl (C=O) groups excluding carboxylic acids is 1. The van der Waals surface area contributed by atoms with Gasteiger partial charge >= 0.3 is 0 Å². The summed E-state index contributed by atoms with van der Waals surface area (Å²) < 4.78 is 0.923. The average Bonchev–Trinajstić information content (AvgIpc) is 2.76. The van der Waals surface area contributed by atoms with E-state index in [1.165, 1.54) is 0 Å². The van der Waals surface area contributed by atoms with Crippen molar-refractivity contribution in [3.8, 4) is 0 Å². The van der Waals surface area contributed by atoms with Crippen LogP contribution in [0.25, 0.3) is 0 Å². The fraction of sp³-hybridized carbons (Fsp3) is 0.462.